The summed E-state index contributed by atoms with van der Waals surface area (Å²) in [6.07, 6.45) is 0. The van der Waals surface area contributed by atoms with Gasteiger partial charge < -0.3 is 0 Å². The second kappa shape index (κ2) is 6.26. The zero-order valence-electron chi connectivity index (χ0n) is 26.2. The number of hydrogen-bond acceptors (Lipinski definition) is 8. The fourth-order valence-corrected chi connectivity index (χ4v) is 0.977. The van der Waals surface area contributed by atoms with E-state index in [0.717, 1.165) is 0 Å². The molecule has 1 saturated heterocycles. The van der Waals surface area contributed by atoms with E-state index in [-0.39, 0.29) is 0 Å². The molecule has 1 heterocycles. The Morgan fingerprint density at radius 2 is 1.28 bits per heavy atom. The molecule has 0 aromatic carbocycles. The minimum atomic E-state index is -6.03. The van der Waals surface area contributed by atoms with Crippen LogP contribution in [0.3, 0.4) is 0 Å². The van der Waals surface area contributed by atoms with Crippen LogP contribution in [-0.4, -0.2) is 86.1 Å². The maximum atomic E-state index is 11.9. The van der Waals surface area contributed by atoms with Crippen LogP contribution >= 0.6 is 0 Å². The number of rotatable bonds is 8. The van der Waals surface area contributed by atoms with Crippen LogP contribution < -0.4 is 0 Å². The van der Waals surface area contributed by atoms with Crippen molar-refractivity contribution in [2.24, 2.45) is 0 Å². The van der Waals surface area contributed by atoms with E-state index < -0.39 is 80.4 Å². The fraction of sp³-hybridized carbons (Fsp3) is 1.00. The van der Waals surface area contributed by atoms with E-state index in [1.54, 1.807) is 0 Å². The molecule has 18 heavy (non-hydrogen) atoms. The zero-order valence-corrected chi connectivity index (χ0v) is 9.79. The van der Waals surface area contributed by atoms with Crippen LogP contribution in [0, 0.1) is 0 Å². The maximum absolute atomic E-state index is 11.9. The predicted octanol–water partition coefficient (Wildman–Crippen LogP) is -1.62. The molecule has 0 saturated carbocycles. The smallest absolute Gasteiger partial charge is 0.266 e. The van der Waals surface area contributed by atoms with Crippen LogP contribution in [0.15, 0.2) is 0 Å². The summed E-state index contributed by atoms with van der Waals surface area (Å²) in [5.41, 5.74) is -9.26. The van der Waals surface area contributed by atoms with Crippen molar-refractivity contribution in [1.82, 2.24) is 9.80 Å². The lowest BCUT2D eigenvalue weighted by Crippen LogP contribution is -2.48. The summed E-state index contributed by atoms with van der Waals surface area (Å²) >= 11 is 0. The number of piperazine rings is 1. The Hall–Kier alpha value is -0.260. The number of hydrogen-bond donors (Lipinski definition) is 2. The van der Waals surface area contributed by atoms with E-state index in [1.807, 2.05) is 0 Å². The first kappa shape index (κ1) is 3.89. The summed E-state index contributed by atoms with van der Waals surface area (Å²) < 4.78 is 192. The minimum Gasteiger partial charge on any atom is -0.300 e. The standard InChI is InChI=1S/C8H18N2O6S2/c11-17(12,13)7-5-9-1-2-10(4-3-9)6-8-18(14,15)16/h1-8H2,(H,11,12,13)(H,14,15,16)/i1D2,2D2,3D2,4D2,5D2,6D2,7D2,8D2/hD2. The van der Waals surface area contributed by atoms with Gasteiger partial charge >= 0.3 is 0 Å². The third kappa shape index (κ3) is 7.24. The summed E-state index contributed by atoms with van der Waals surface area (Å²) in [7, 11) is -12.1. The average Bonchev–Trinajstić information content (AvgIpc) is 2.64. The molecular weight excluding hydrogens is 284 g/mol. The Labute approximate surface area is 133 Å². The second-order valence-corrected chi connectivity index (χ2v) is 4.68. The molecule has 0 atom stereocenters. The van der Waals surface area contributed by atoms with Gasteiger partial charge in [-0.05, 0) is 0 Å². The SMILES string of the molecule is [2H]OS(=O)(=O)C([2H])([2H])C([2H])([2H])N1C([2H])([2H])C([2H])([2H])N(C([2H])([2H])C([2H])([2H])S(=O)(=O)O[2H])C([2H])([2H])C1([2H])[2H]. The van der Waals surface area contributed by atoms with Gasteiger partial charge in [-0.25, -0.2) is 0 Å². The van der Waals surface area contributed by atoms with Gasteiger partial charge in [-0.15, -0.1) is 0 Å². The minimum absolute atomic E-state index is 1.22. The van der Waals surface area contributed by atoms with Crippen LogP contribution in [-0.2, 0) is 20.2 Å². The molecule has 0 unspecified atom stereocenters. The van der Waals surface area contributed by atoms with Crippen molar-refractivity contribution >= 4 is 20.2 Å². The molecule has 2 N–H and O–H groups in total. The van der Waals surface area contributed by atoms with Crippen LogP contribution in [0.1, 0.15) is 21.9 Å². The summed E-state index contributed by atoms with van der Waals surface area (Å²) in [5, 5.41) is 0. The van der Waals surface area contributed by atoms with Crippen LogP contribution in [0.25, 0.3) is 2.86 Å². The first-order chi connectivity index (χ1) is 15.4. The molecule has 1 aliphatic rings. The fourth-order valence-electron chi connectivity index (χ4n) is 0.571. The van der Waals surface area contributed by atoms with Gasteiger partial charge in [-0.2, -0.15) is 16.8 Å². The van der Waals surface area contributed by atoms with E-state index in [0.29, 0.717) is 0 Å². The van der Waals surface area contributed by atoms with Crippen LogP contribution in [0.5, 0.6) is 0 Å². The molecule has 1 rings (SSSR count). The molecule has 0 aromatic heterocycles. The van der Waals surface area contributed by atoms with Crippen molar-refractivity contribution < 1.29 is 47.9 Å². The van der Waals surface area contributed by atoms with Gasteiger partial charge in [-0.1, -0.05) is 0 Å². The molecule has 1 aliphatic heterocycles. The lowest BCUT2D eigenvalue weighted by Gasteiger charge is -2.34. The first-order valence-electron chi connectivity index (χ1n) is 12.6. The second-order valence-electron chi connectivity index (χ2n) is 2.45. The van der Waals surface area contributed by atoms with Gasteiger partial charge in [0, 0.05) is 60.9 Å². The third-order valence-corrected chi connectivity index (χ3v) is 1.79. The van der Waals surface area contributed by atoms with E-state index in [4.69, 9.17) is 24.8 Å². The monoisotopic (exact) mass is 320 g/mol. The molecule has 0 bridgehead atoms. The molecule has 0 radical (unpaired) electrons. The Kier molecular flexibility index (Phi) is 1.35. The van der Waals surface area contributed by atoms with Gasteiger partial charge in [0.15, 0.2) is 0 Å². The maximum Gasteiger partial charge on any atom is 0.266 e. The van der Waals surface area contributed by atoms with Crippen molar-refractivity contribution in [2.45, 2.75) is 0 Å². The largest absolute Gasteiger partial charge is 0.300 e. The predicted molar refractivity (Wildman–Crippen MR) is 65.7 cm³/mol. The van der Waals surface area contributed by atoms with Crippen molar-refractivity contribution in [3.8, 4) is 0 Å². The van der Waals surface area contributed by atoms with E-state index in [9.17, 15) is 16.8 Å². The highest BCUT2D eigenvalue weighted by atomic mass is 32.2. The van der Waals surface area contributed by atoms with Gasteiger partial charge in [0.05, 0.1) is 11.4 Å². The van der Waals surface area contributed by atoms with Gasteiger partial charge in [0.2, 0.25) is 2.86 Å². The lowest BCUT2D eigenvalue weighted by atomic mass is 10.3. The molecular formula is C8H18N2O6S2. The van der Waals surface area contributed by atoms with Crippen LogP contribution in [0.2, 0.25) is 0 Å². The third-order valence-electron chi connectivity index (χ3n) is 1.11. The van der Waals surface area contributed by atoms with Crippen molar-refractivity contribution in [2.75, 3.05) is 50.4 Å². The van der Waals surface area contributed by atoms with E-state index in [2.05, 4.69) is 9.11 Å². The summed E-state index contributed by atoms with van der Waals surface area (Å²) in [6, 6.07) is 0. The Balaban J connectivity index is 4.16. The van der Waals surface area contributed by atoms with Crippen molar-refractivity contribution in [1.29, 1.82) is 2.86 Å². The normalized spacial score (nSPS) is 49.1. The summed E-state index contributed by atoms with van der Waals surface area (Å²) in [5.74, 6) is 0. The lowest BCUT2D eigenvalue weighted by molar-refractivity contribution is 0.143. The first-order valence-corrected chi connectivity index (χ1v) is 6.57. The zero-order chi connectivity index (χ0) is 29.6. The molecule has 8 nitrogen and oxygen atoms in total. The summed E-state index contributed by atoms with van der Waals surface area (Å²) in [4.78, 5) is -2.44. The Morgan fingerprint density at radius 3 is 1.56 bits per heavy atom. The molecule has 0 spiro atoms. The molecule has 0 amide bonds. The highest BCUT2D eigenvalue weighted by molar-refractivity contribution is 7.86. The quantitative estimate of drug-likeness (QED) is 0.513. The van der Waals surface area contributed by atoms with Gasteiger partial charge in [0.25, 0.3) is 20.2 Å². The molecule has 1 fully saturated rings. The van der Waals surface area contributed by atoms with Gasteiger partial charge in [0.1, 0.15) is 0 Å². The molecule has 10 heteroatoms. The highest BCUT2D eigenvalue weighted by Crippen LogP contribution is 2.02. The Morgan fingerprint density at radius 1 is 0.944 bits per heavy atom. The van der Waals surface area contributed by atoms with Crippen LogP contribution in [0.4, 0.5) is 0 Å². The molecule has 0 aliphatic carbocycles. The molecule has 108 valence electrons. The van der Waals surface area contributed by atoms with E-state index >= 15 is 0 Å². The van der Waals surface area contributed by atoms with Crippen molar-refractivity contribution in [3.63, 3.8) is 0 Å². The Bertz CT molecular complexity index is 975. The average molecular weight is 320 g/mol. The topological polar surface area (TPSA) is 115 Å². The van der Waals surface area contributed by atoms with Gasteiger partial charge in [-0.3, -0.25) is 18.9 Å². The highest BCUT2D eigenvalue weighted by Gasteiger charge is 2.19. The number of nitrogens with zero attached hydrogens (tertiary/aromatic N) is 2. The van der Waals surface area contributed by atoms with E-state index in [1.165, 1.54) is 0 Å². The molecule has 0 aromatic rings. The summed E-state index contributed by atoms with van der Waals surface area (Å²) in [6.45, 7) is -27.5. The van der Waals surface area contributed by atoms with Crippen molar-refractivity contribution in [3.05, 3.63) is 0 Å².